The summed E-state index contributed by atoms with van der Waals surface area (Å²) in [5, 5.41) is 9.54. The highest BCUT2D eigenvalue weighted by molar-refractivity contribution is 7.15. The smallest absolute Gasteiger partial charge is 0.255 e. The Morgan fingerprint density at radius 1 is 1.56 bits per heavy atom. The van der Waals surface area contributed by atoms with Crippen LogP contribution < -0.4 is 4.90 Å². The first-order valence-corrected chi connectivity index (χ1v) is 5.47. The monoisotopic (exact) mass is 252 g/mol. The SMILES string of the molecule is COCc1nc(N(C)CC(F)F)sc1CO. The summed E-state index contributed by atoms with van der Waals surface area (Å²) in [5.74, 6) is 0. The van der Waals surface area contributed by atoms with Gasteiger partial charge in [-0.25, -0.2) is 13.8 Å². The second-order valence-electron chi connectivity index (χ2n) is 3.23. The summed E-state index contributed by atoms with van der Waals surface area (Å²) >= 11 is 1.20. The van der Waals surface area contributed by atoms with E-state index in [1.165, 1.54) is 23.3 Å². The maximum Gasteiger partial charge on any atom is 0.255 e. The molecule has 0 fully saturated rings. The molecule has 7 heteroatoms. The highest BCUT2D eigenvalue weighted by atomic mass is 32.1. The van der Waals surface area contributed by atoms with Crippen molar-refractivity contribution in [1.82, 2.24) is 4.98 Å². The first-order chi connectivity index (χ1) is 7.58. The molecule has 0 aliphatic heterocycles. The van der Waals surface area contributed by atoms with E-state index >= 15 is 0 Å². The number of aliphatic hydroxyl groups excluding tert-OH is 1. The summed E-state index contributed by atoms with van der Waals surface area (Å²) in [4.78, 5) is 6.17. The van der Waals surface area contributed by atoms with Crippen molar-refractivity contribution in [3.63, 3.8) is 0 Å². The van der Waals surface area contributed by atoms with Gasteiger partial charge in [-0.05, 0) is 0 Å². The van der Waals surface area contributed by atoms with Crippen molar-refractivity contribution in [2.75, 3.05) is 25.6 Å². The molecule has 1 aromatic heterocycles. The van der Waals surface area contributed by atoms with E-state index in [-0.39, 0.29) is 19.8 Å². The fourth-order valence-corrected chi connectivity index (χ4v) is 2.08. The number of anilines is 1. The highest BCUT2D eigenvalue weighted by Crippen LogP contribution is 2.26. The average Bonchev–Trinajstić information content (AvgIpc) is 2.61. The number of aliphatic hydroxyl groups is 1. The number of thiazole rings is 1. The molecule has 0 aromatic carbocycles. The zero-order valence-electron chi connectivity index (χ0n) is 9.11. The van der Waals surface area contributed by atoms with Gasteiger partial charge in [0, 0.05) is 14.2 Å². The van der Waals surface area contributed by atoms with E-state index in [0.29, 0.717) is 15.7 Å². The molecule has 1 heterocycles. The molecule has 0 saturated carbocycles. The zero-order chi connectivity index (χ0) is 12.1. The van der Waals surface area contributed by atoms with Crippen LogP contribution in [0.25, 0.3) is 0 Å². The number of ether oxygens (including phenoxy) is 1. The minimum Gasteiger partial charge on any atom is -0.391 e. The molecule has 1 rings (SSSR count). The van der Waals surface area contributed by atoms with E-state index in [4.69, 9.17) is 9.84 Å². The number of rotatable bonds is 6. The first kappa shape index (κ1) is 13.3. The summed E-state index contributed by atoms with van der Waals surface area (Å²) in [5.41, 5.74) is 0.603. The van der Waals surface area contributed by atoms with Crippen LogP contribution in [0.5, 0.6) is 0 Å². The van der Waals surface area contributed by atoms with Crippen LogP contribution in [-0.2, 0) is 18.0 Å². The minimum atomic E-state index is -2.41. The molecule has 0 unspecified atom stereocenters. The number of alkyl halides is 2. The Hall–Kier alpha value is -0.790. The zero-order valence-corrected chi connectivity index (χ0v) is 9.93. The summed E-state index contributed by atoms with van der Waals surface area (Å²) in [6, 6.07) is 0. The van der Waals surface area contributed by atoms with Crippen LogP contribution in [0.15, 0.2) is 0 Å². The third kappa shape index (κ3) is 3.36. The molecule has 0 amide bonds. The molecule has 4 nitrogen and oxygen atoms in total. The lowest BCUT2D eigenvalue weighted by molar-refractivity contribution is 0.156. The molecule has 0 bridgehead atoms. The lowest BCUT2D eigenvalue weighted by atomic mass is 10.4. The maximum absolute atomic E-state index is 12.2. The molecule has 0 radical (unpaired) electrons. The standard InChI is InChI=1S/C9H14F2N2O2S/c1-13(3-8(10)11)9-12-6(5-15-2)7(4-14)16-9/h8,14H,3-5H2,1-2H3. The lowest BCUT2D eigenvalue weighted by Crippen LogP contribution is -2.23. The fourth-order valence-electron chi connectivity index (χ4n) is 1.19. The van der Waals surface area contributed by atoms with Crippen molar-refractivity contribution >= 4 is 16.5 Å². The predicted molar refractivity (Wildman–Crippen MR) is 58.0 cm³/mol. The van der Waals surface area contributed by atoms with Gasteiger partial charge in [0.1, 0.15) is 0 Å². The number of halogens is 2. The van der Waals surface area contributed by atoms with Gasteiger partial charge in [-0.3, -0.25) is 0 Å². The van der Waals surface area contributed by atoms with E-state index in [9.17, 15) is 8.78 Å². The van der Waals surface area contributed by atoms with Gasteiger partial charge in [-0.1, -0.05) is 11.3 Å². The van der Waals surface area contributed by atoms with Gasteiger partial charge in [0.25, 0.3) is 6.43 Å². The van der Waals surface area contributed by atoms with Crippen LogP contribution in [0, 0.1) is 0 Å². The van der Waals surface area contributed by atoms with E-state index < -0.39 is 6.43 Å². The number of nitrogens with zero attached hydrogens (tertiary/aromatic N) is 2. The second kappa shape index (κ2) is 6.07. The highest BCUT2D eigenvalue weighted by Gasteiger charge is 2.15. The van der Waals surface area contributed by atoms with Crippen molar-refractivity contribution in [1.29, 1.82) is 0 Å². The van der Waals surface area contributed by atoms with Gasteiger partial charge in [0.2, 0.25) is 0 Å². The van der Waals surface area contributed by atoms with Crippen LogP contribution >= 0.6 is 11.3 Å². The molecule has 0 saturated heterocycles. The van der Waals surface area contributed by atoms with Crippen molar-refractivity contribution < 1.29 is 18.6 Å². The summed E-state index contributed by atoms with van der Waals surface area (Å²) in [6.07, 6.45) is -2.41. The number of hydrogen-bond donors (Lipinski definition) is 1. The molecule has 0 aliphatic carbocycles. The molecular formula is C9H14F2N2O2S. The van der Waals surface area contributed by atoms with Gasteiger partial charge in [0.15, 0.2) is 5.13 Å². The van der Waals surface area contributed by atoms with Crippen molar-refractivity contribution in [2.24, 2.45) is 0 Å². The largest absolute Gasteiger partial charge is 0.391 e. The third-order valence-corrected chi connectivity index (χ3v) is 3.13. The number of hydrogen-bond acceptors (Lipinski definition) is 5. The molecule has 1 N–H and O–H groups in total. The van der Waals surface area contributed by atoms with E-state index in [1.807, 2.05) is 0 Å². The lowest BCUT2D eigenvalue weighted by Gasteiger charge is -2.14. The topological polar surface area (TPSA) is 45.6 Å². The van der Waals surface area contributed by atoms with Crippen LogP contribution in [0.3, 0.4) is 0 Å². The van der Waals surface area contributed by atoms with Gasteiger partial charge in [-0.15, -0.1) is 0 Å². The molecular weight excluding hydrogens is 238 g/mol. The van der Waals surface area contributed by atoms with Crippen LogP contribution in [0.2, 0.25) is 0 Å². The molecule has 92 valence electrons. The van der Waals surface area contributed by atoms with Crippen molar-refractivity contribution in [2.45, 2.75) is 19.6 Å². The number of methoxy groups -OCH3 is 1. The first-order valence-electron chi connectivity index (χ1n) is 4.66. The Morgan fingerprint density at radius 3 is 2.75 bits per heavy atom. The maximum atomic E-state index is 12.2. The van der Waals surface area contributed by atoms with Crippen LogP contribution in [0.1, 0.15) is 10.6 Å². The number of aromatic nitrogens is 1. The Bertz CT molecular complexity index is 333. The van der Waals surface area contributed by atoms with E-state index in [1.54, 1.807) is 7.05 Å². The van der Waals surface area contributed by atoms with Gasteiger partial charge < -0.3 is 14.7 Å². The predicted octanol–water partition coefficient (Wildman–Crippen LogP) is 1.48. The third-order valence-electron chi connectivity index (χ3n) is 1.93. The average molecular weight is 252 g/mol. The Labute approximate surface area is 96.5 Å². The van der Waals surface area contributed by atoms with Crippen LogP contribution in [0.4, 0.5) is 13.9 Å². The second-order valence-corrected chi connectivity index (χ2v) is 4.29. The molecule has 16 heavy (non-hydrogen) atoms. The van der Waals surface area contributed by atoms with Crippen LogP contribution in [-0.4, -0.2) is 37.2 Å². The van der Waals surface area contributed by atoms with E-state index in [0.717, 1.165) is 0 Å². The normalized spacial score (nSPS) is 11.1. The molecule has 0 atom stereocenters. The summed E-state index contributed by atoms with van der Waals surface area (Å²) < 4.78 is 29.2. The summed E-state index contributed by atoms with van der Waals surface area (Å²) in [6.45, 7) is -0.251. The van der Waals surface area contributed by atoms with Gasteiger partial charge in [0.05, 0.1) is 30.3 Å². The fraction of sp³-hybridized carbons (Fsp3) is 0.667. The molecule has 0 spiro atoms. The minimum absolute atomic E-state index is 0.154. The van der Waals surface area contributed by atoms with Gasteiger partial charge >= 0.3 is 0 Å². The van der Waals surface area contributed by atoms with Crippen molar-refractivity contribution in [3.8, 4) is 0 Å². The van der Waals surface area contributed by atoms with E-state index in [2.05, 4.69) is 4.98 Å². The Morgan fingerprint density at radius 2 is 2.25 bits per heavy atom. The molecule has 1 aromatic rings. The van der Waals surface area contributed by atoms with Gasteiger partial charge in [-0.2, -0.15) is 0 Å². The Kier molecular flexibility index (Phi) is 5.04. The summed E-state index contributed by atoms with van der Waals surface area (Å²) in [7, 11) is 3.06. The van der Waals surface area contributed by atoms with Crippen molar-refractivity contribution in [3.05, 3.63) is 10.6 Å². The molecule has 0 aliphatic rings. The quantitative estimate of drug-likeness (QED) is 0.833. The Balaban J connectivity index is 2.80.